The largest absolute Gasteiger partial charge is 0.385 e. The predicted octanol–water partition coefficient (Wildman–Crippen LogP) is 6.74. The summed E-state index contributed by atoms with van der Waals surface area (Å²) in [5.74, 6) is 0. The van der Waals surface area contributed by atoms with Crippen LogP contribution in [0.4, 0.5) is 11.4 Å². The number of hydrogen-bond acceptors (Lipinski definition) is 4. The molecule has 0 aromatic heterocycles. The van der Waals surface area contributed by atoms with Crippen LogP contribution in [0.1, 0.15) is 84.9 Å². The fraction of sp³-hybridized carbons (Fsp3) is 0.462. The number of anilines is 2. The van der Waals surface area contributed by atoms with Gasteiger partial charge in [-0.3, -0.25) is 9.59 Å². The maximum atomic E-state index is 10.8. The molecule has 162 valence electrons. The molecule has 0 aliphatic rings. The Bertz CT molecular complexity index is 682. The minimum atomic E-state index is 0.723. The average Bonchev–Trinajstić information content (AvgIpc) is 2.79. The molecular weight excluding hydrogens is 372 g/mol. The molecule has 2 aromatic rings. The van der Waals surface area contributed by atoms with Crippen molar-refractivity contribution in [3.05, 3.63) is 59.7 Å². The number of hydrogen-bond donors (Lipinski definition) is 2. The lowest BCUT2D eigenvalue weighted by atomic mass is 10.1. The molecule has 0 spiro atoms. The first-order chi connectivity index (χ1) is 14.8. The van der Waals surface area contributed by atoms with Gasteiger partial charge in [0.25, 0.3) is 0 Å². The van der Waals surface area contributed by atoms with E-state index in [0.29, 0.717) is 0 Å². The van der Waals surface area contributed by atoms with Crippen molar-refractivity contribution in [1.82, 2.24) is 0 Å². The minimum Gasteiger partial charge on any atom is -0.385 e. The fourth-order valence-electron chi connectivity index (χ4n) is 3.57. The Morgan fingerprint density at radius 3 is 1.27 bits per heavy atom. The molecule has 4 nitrogen and oxygen atoms in total. The Hall–Kier alpha value is -2.62. The first kappa shape index (κ1) is 23.7. The van der Waals surface area contributed by atoms with E-state index in [2.05, 4.69) is 10.6 Å². The third-order valence-corrected chi connectivity index (χ3v) is 5.31. The van der Waals surface area contributed by atoms with E-state index < -0.39 is 0 Å². The smallest absolute Gasteiger partial charge is 0.150 e. The highest BCUT2D eigenvalue weighted by molar-refractivity contribution is 5.77. The van der Waals surface area contributed by atoms with Crippen LogP contribution in [0.25, 0.3) is 0 Å². The van der Waals surface area contributed by atoms with Crippen molar-refractivity contribution in [2.24, 2.45) is 0 Å². The number of rotatable bonds is 17. The molecule has 0 aliphatic carbocycles. The van der Waals surface area contributed by atoms with Gasteiger partial charge in [-0.25, -0.2) is 0 Å². The Morgan fingerprint density at radius 2 is 0.900 bits per heavy atom. The second kappa shape index (κ2) is 15.3. The third kappa shape index (κ3) is 10.2. The number of aldehydes is 2. The van der Waals surface area contributed by atoms with Gasteiger partial charge in [-0.05, 0) is 37.1 Å². The Labute approximate surface area is 181 Å². The zero-order chi connectivity index (χ0) is 21.3. The summed E-state index contributed by atoms with van der Waals surface area (Å²) in [7, 11) is 0. The van der Waals surface area contributed by atoms with Crippen LogP contribution >= 0.6 is 0 Å². The van der Waals surface area contributed by atoms with Crippen LogP contribution in [0, 0.1) is 0 Å². The summed E-state index contributed by atoms with van der Waals surface area (Å²) in [6.45, 7) is 1.94. The van der Waals surface area contributed by atoms with Crippen molar-refractivity contribution in [2.45, 2.75) is 64.2 Å². The van der Waals surface area contributed by atoms with Gasteiger partial charge in [0.2, 0.25) is 0 Å². The van der Waals surface area contributed by atoms with Crippen molar-refractivity contribution in [1.29, 1.82) is 0 Å². The van der Waals surface area contributed by atoms with E-state index in [1.165, 1.54) is 64.2 Å². The van der Waals surface area contributed by atoms with E-state index in [0.717, 1.165) is 48.2 Å². The van der Waals surface area contributed by atoms with Gasteiger partial charge in [0.1, 0.15) is 12.6 Å². The van der Waals surface area contributed by atoms with Crippen LogP contribution in [0.5, 0.6) is 0 Å². The molecule has 4 heteroatoms. The highest BCUT2D eigenvalue weighted by Gasteiger charge is 1.97. The Kier molecular flexibility index (Phi) is 12.0. The predicted molar refractivity (Wildman–Crippen MR) is 127 cm³/mol. The van der Waals surface area contributed by atoms with Crippen molar-refractivity contribution < 1.29 is 9.59 Å². The maximum Gasteiger partial charge on any atom is 0.150 e. The molecule has 2 aromatic carbocycles. The maximum absolute atomic E-state index is 10.8. The average molecular weight is 409 g/mol. The van der Waals surface area contributed by atoms with Gasteiger partial charge in [-0.15, -0.1) is 0 Å². The van der Waals surface area contributed by atoms with Crippen molar-refractivity contribution in [3.63, 3.8) is 0 Å². The van der Waals surface area contributed by atoms with Gasteiger partial charge in [0.05, 0.1) is 0 Å². The quantitative estimate of drug-likeness (QED) is 0.225. The van der Waals surface area contributed by atoms with E-state index >= 15 is 0 Å². The highest BCUT2D eigenvalue weighted by atomic mass is 16.1. The van der Waals surface area contributed by atoms with Crippen LogP contribution in [0.2, 0.25) is 0 Å². The van der Waals surface area contributed by atoms with Crippen LogP contribution in [0.3, 0.4) is 0 Å². The second-order valence-corrected chi connectivity index (χ2v) is 7.88. The lowest BCUT2D eigenvalue weighted by Gasteiger charge is -2.07. The van der Waals surface area contributed by atoms with E-state index in [9.17, 15) is 9.59 Å². The summed E-state index contributed by atoms with van der Waals surface area (Å²) in [4.78, 5) is 21.6. The molecule has 0 radical (unpaired) electrons. The monoisotopic (exact) mass is 408 g/mol. The van der Waals surface area contributed by atoms with Crippen molar-refractivity contribution in [2.75, 3.05) is 23.7 Å². The molecule has 2 rings (SSSR count). The molecule has 0 bridgehead atoms. The SMILES string of the molecule is O=Cc1cccc(NCCCCCCCCCCCCNc2cccc(C=O)c2)c1. The van der Waals surface area contributed by atoms with E-state index in [1.807, 2.05) is 48.5 Å². The number of benzene rings is 2. The van der Waals surface area contributed by atoms with Gasteiger partial charge in [0.15, 0.2) is 0 Å². The van der Waals surface area contributed by atoms with Crippen molar-refractivity contribution >= 4 is 23.9 Å². The summed E-state index contributed by atoms with van der Waals surface area (Å²) in [6.07, 6.45) is 14.6. The first-order valence-corrected chi connectivity index (χ1v) is 11.4. The zero-order valence-corrected chi connectivity index (χ0v) is 18.1. The summed E-state index contributed by atoms with van der Waals surface area (Å²) in [5, 5.41) is 6.78. The lowest BCUT2D eigenvalue weighted by molar-refractivity contribution is 0.111. The Morgan fingerprint density at radius 1 is 0.533 bits per heavy atom. The van der Waals surface area contributed by atoms with E-state index in [-0.39, 0.29) is 0 Å². The summed E-state index contributed by atoms with van der Waals surface area (Å²) >= 11 is 0. The highest BCUT2D eigenvalue weighted by Crippen LogP contribution is 2.13. The van der Waals surface area contributed by atoms with Gasteiger partial charge in [-0.1, -0.05) is 75.6 Å². The van der Waals surface area contributed by atoms with Gasteiger partial charge < -0.3 is 10.6 Å². The molecule has 0 unspecified atom stereocenters. The van der Waals surface area contributed by atoms with Crippen LogP contribution in [0.15, 0.2) is 48.5 Å². The normalized spacial score (nSPS) is 10.5. The fourth-order valence-corrected chi connectivity index (χ4v) is 3.57. The van der Waals surface area contributed by atoms with Gasteiger partial charge in [-0.2, -0.15) is 0 Å². The first-order valence-electron chi connectivity index (χ1n) is 11.4. The molecule has 0 saturated carbocycles. The molecular formula is C26H36N2O2. The molecule has 0 amide bonds. The van der Waals surface area contributed by atoms with Crippen molar-refractivity contribution in [3.8, 4) is 0 Å². The summed E-state index contributed by atoms with van der Waals surface area (Å²) in [6, 6.07) is 15.3. The van der Waals surface area contributed by atoms with Crippen LogP contribution < -0.4 is 10.6 Å². The number of carbonyl (C=O) groups excluding carboxylic acids is 2. The zero-order valence-electron chi connectivity index (χ0n) is 18.1. The lowest BCUT2D eigenvalue weighted by Crippen LogP contribution is -2.01. The standard InChI is InChI=1S/C26H36N2O2/c29-21-23-13-11-15-25(19-23)27-17-9-7-5-3-1-2-4-6-8-10-18-28-26-16-12-14-24(20-26)22-30/h11-16,19-22,27-28H,1-10,17-18H2. The third-order valence-electron chi connectivity index (χ3n) is 5.31. The molecule has 0 aliphatic heterocycles. The number of unbranched alkanes of at least 4 members (excludes halogenated alkanes) is 9. The van der Waals surface area contributed by atoms with E-state index in [4.69, 9.17) is 0 Å². The molecule has 0 saturated heterocycles. The number of carbonyl (C=O) groups is 2. The molecule has 2 N–H and O–H groups in total. The second-order valence-electron chi connectivity index (χ2n) is 7.88. The number of nitrogens with one attached hydrogen (secondary N) is 2. The topological polar surface area (TPSA) is 58.2 Å². The van der Waals surface area contributed by atoms with E-state index in [1.54, 1.807) is 0 Å². The minimum absolute atomic E-state index is 0.723. The van der Waals surface area contributed by atoms with Gasteiger partial charge in [0, 0.05) is 35.6 Å². The Balaban J connectivity index is 1.34. The molecule has 0 fully saturated rings. The molecule has 30 heavy (non-hydrogen) atoms. The summed E-state index contributed by atoms with van der Waals surface area (Å²) in [5.41, 5.74) is 3.51. The summed E-state index contributed by atoms with van der Waals surface area (Å²) < 4.78 is 0. The van der Waals surface area contributed by atoms with Crippen LogP contribution in [-0.2, 0) is 0 Å². The van der Waals surface area contributed by atoms with Crippen LogP contribution in [-0.4, -0.2) is 25.7 Å². The van der Waals surface area contributed by atoms with Gasteiger partial charge >= 0.3 is 0 Å². The molecule has 0 atom stereocenters. The molecule has 0 heterocycles.